The number of hydrogen-bond acceptors (Lipinski definition) is 1. The second kappa shape index (κ2) is 9.44. The van der Waals surface area contributed by atoms with Crippen molar-refractivity contribution in [1.29, 1.82) is 0 Å². The molecule has 1 nitrogen and oxygen atoms in total. The molecule has 0 saturated heterocycles. The van der Waals surface area contributed by atoms with Crippen molar-refractivity contribution in [1.82, 2.24) is 0 Å². The number of furan rings is 1. The molecule has 1 heterocycles. The highest BCUT2D eigenvalue weighted by Gasteiger charge is 2.17. The number of fused-ring (bicyclic) bond motifs is 6. The van der Waals surface area contributed by atoms with E-state index in [4.69, 9.17) is 5.79 Å². The first-order valence-corrected chi connectivity index (χ1v) is 14.6. The van der Waals surface area contributed by atoms with Gasteiger partial charge in [-0.15, -0.1) is 0 Å². The SMILES string of the molecule is [2H]c1c2cccc(-c3cccc(-c4c5ccccc5c(-c5ccccc5)c5ccccc45)c3)c2c([2H])c2c1oc1ccccc12. The first-order chi connectivity index (χ1) is 22.2. The van der Waals surface area contributed by atoms with E-state index in [9.17, 15) is 1.37 Å². The molecule has 0 unspecified atom stereocenters. The van der Waals surface area contributed by atoms with Crippen LogP contribution in [0.5, 0.6) is 0 Å². The highest BCUT2D eigenvalue weighted by Crippen LogP contribution is 2.44. The average Bonchev–Trinajstić information content (AvgIpc) is 3.50. The van der Waals surface area contributed by atoms with Crippen molar-refractivity contribution in [2.45, 2.75) is 0 Å². The minimum Gasteiger partial charge on any atom is -0.456 e. The molecule has 0 saturated carbocycles. The van der Waals surface area contributed by atoms with E-state index in [1.54, 1.807) is 0 Å². The van der Waals surface area contributed by atoms with E-state index in [1.807, 2.05) is 36.4 Å². The molecule has 9 rings (SSSR count). The maximum atomic E-state index is 9.41. The minimum absolute atomic E-state index is 0.318. The summed E-state index contributed by atoms with van der Waals surface area (Å²) in [4.78, 5) is 0. The Hall–Kier alpha value is -5.66. The summed E-state index contributed by atoms with van der Waals surface area (Å²) in [6.45, 7) is 0. The van der Waals surface area contributed by atoms with Crippen LogP contribution >= 0.6 is 0 Å². The van der Waals surface area contributed by atoms with Crippen LogP contribution in [-0.4, -0.2) is 0 Å². The van der Waals surface area contributed by atoms with Crippen molar-refractivity contribution in [2.24, 2.45) is 0 Å². The molecule has 0 radical (unpaired) electrons. The van der Waals surface area contributed by atoms with E-state index in [-0.39, 0.29) is 0 Å². The van der Waals surface area contributed by atoms with Crippen molar-refractivity contribution >= 4 is 54.3 Å². The van der Waals surface area contributed by atoms with Crippen LogP contribution in [0.15, 0.2) is 162 Å². The lowest BCUT2D eigenvalue weighted by molar-refractivity contribution is 0.669. The van der Waals surface area contributed by atoms with E-state index < -0.39 is 0 Å². The fourth-order valence-corrected chi connectivity index (χ4v) is 6.73. The summed E-state index contributed by atoms with van der Waals surface area (Å²) in [5.74, 6) is 0. The molecule has 1 heteroatoms. The van der Waals surface area contributed by atoms with Gasteiger partial charge in [0.15, 0.2) is 0 Å². The molecule has 43 heavy (non-hydrogen) atoms. The minimum atomic E-state index is 0.318. The molecule has 8 aromatic carbocycles. The molecular weight excluding hydrogens is 520 g/mol. The number of rotatable bonds is 3. The van der Waals surface area contributed by atoms with Gasteiger partial charge in [-0.05, 0) is 89.9 Å². The molecule has 0 fully saturated rings. The van der Waals surface area contributed by atoms with E-state index in [0.717, 1.165) is 32.8 Å². The summed E-state index contributed by atoms with van der Waals surface area (Å²) >= 11 is 0. The lowest BCUT2D eigenvalue weighted by Crippen LogP contribution is -1.91. The Kier molecular flexibility index (Phi) is 4.83. The Labute approximate surface area is 252 Å². The summed E-state index contributed by atoms with van der Waals surface area (Å²) in [6, 6.07) is 51.1. The number of para-hydroxylation sites is 1. The Morgan fingerprint density at radius 3 is 1.65 bits per heavy atom. The number of hydrogen-bond donors (Lipinski definition) is 0. The van der Waals surface area contributed by atoms with E-state index in [1.165, 1.54) is 38.2 Å². The Bertz CT molecular complexity index is 2560. The van der Waals surface area contributed by atoms with Gasteiger partial charge in [0.05, 0.1) is 2.74 Å². The molecule has 0 amide bonds. The third-order valence-electron chi connectivity index (χ3n) is 8.61. The largest absolute Gasteiger partial charge is 0.456 e. The second-order valence-corrected chi connectivity index (χ2v) is 11.1. The maximum Gasteiger partial charge on any atom is 0.136 e. The predicted octanol–water partition coefficient (Wildman–Crippen LogP) is 12.0. The summed E-state index contributed by atoms with van der Waals surface area (Å²) < 4.78 is 24.6. The van der Waals surface area contributed by atoms with Gasteiger partial charge in [-0.3, -0.25) is 0 Å². The highest BCUT2D eigenvalue weighted by atomic mass is 16.3. The molecule has 1 aromatic heterocycles. The van der Waals surface area contributed by atoms with Gasteiger partial charge in [-0.1, -0.05) is 133 Å². The second-order valence-electron chi connectivity index (χ2n) is 11.1. The average molecular weight is 549 g/mol. The van der Waals surface area contributed by atoms with Crippen LogP contribution in [0.1, 0.15) is 2.74 Å². The summed E-state index contributed by atoms with van der Waals surface area (Å²) in [6.07, 6.45) is 0. The highest BCUT2D eigenvalue weighted by molar-refractivity contribution is 6.21. The number of benzene rings is 8. The molecule has 9 aromatic rings. The van der Waals surface area contributed by atoms with Crippen LogP contribution < -0.4 is 0 Å². The summed E-state index contributed by atoms with van der Waals surface area (Å²) in [5, 5.41) is 7.89. The smallest absolute Gasteiger partial charge is 0.136 e. The fraction of sp³-hybridized carbons (Fsp3) is 0. The van der Waals surface area contributed by atoms with Crippen molar-refractivity contribution < 1.29 is 7.16 Å². The van der Waals surface area contributed by atoms with Crippen LogP contribution in [0, 0.1) is 0 Å². The van der Waals surface area contributed by atoms with Crippen molar-refractivity contribution in [3.05, 3.63) is 158 Å². The standard InChI is InChI=1S/C42H26O/c1-2-12-27(13-3-1)41-33-18-4-6-20-35(33)42(36-21-7-5-19-34(36)41)30-16-10-14-28(24-30)31-22-11-15-29-25-40-38(26-37(29)31)32-17-8-9-23-39(32)43-40/h1-26H/i25D,26D. The van der Waals surface area contributed by atoms with Gasteiger partial charge in [0, 0.05) is 10.8 Å². The van der Waals surface area contributed by atoms with Crippen LogP contribution in [-0.2, 0) is 0 Å². The first-order valence-electron chi connectivity index (χ1n) is 15.6. The normalized spacial score (nSPS) is 12.4. The fourth-order valence-electron chi connectivity index (χ4n) is 6.73. The lowest BCUT2D eigenvalue weighted by atomic mass is 9.85. The van der Waals surface area contributed by atoms with Gasteiger partial charge in [0.1, 0.15) is 11.2 Å². The van der Waals surface area contributed by atoms with Crippen LogP contribution in [0.2, 0.25) is 0 Å². The molecule has 200 valence electrons. The Morgan fingerprint density at radius 2 is 0.930 bits per heavy atom. The first kappa shape index (κ1) is 22.0. The molecule has 0 N–H and O–H groups in total. The molecule has 0 aliphatic heterocycles. The quantitative estimate of drug-likeness (QED) is 0.200. The van der Waals surface area contributed by atoms with Crippen molar-refractivity contribution in [2.75, 3.05) is 0 Å². The molecular formula is C42H26O. The topological polar surface area (TPSA) is 13.1 Å². The molecule has 0 bridgehead atoms. The van der Waals surface area contributed by atoms with E-state index in [0.29, 0.717) is 28.6 Å². The maximum absolute atomic E-state index is 9.41. The molecule has 0 aliphatic rings. The monoisotopic (exact) mass is 548 g/mol. The zero-order chi connectivity index (χ0) is 30.1. The van der Waals surface area contributed by atoms with E-state index in [2.05, 4.69) is 109 Å². The van der Waals surface area contributed by atoms with Gasteiger partial charge in [0.25, 0.3) is 0 Å². The van der Waals surface area contributed by atoms with E-state index >= 15 is 0 Å². The predicted molar refractivity (Wildman–Crippen MR) is 183 cm³/mol. The van der Waals surface area contributed by atoms with Gasteiger partial charge in [-0.25, -0.2) is 0 Å². The molecule has 0 spiro atoms. The summed E-state index contributed by atoms with van der Waals surface area (Å²) in [7, 11) is 0. The zero-order valence-electron chi connectivity index (χ0n) is 25.3. The van der Waals surface area contributed by atoms with Gasteiger partial charge in [-0.2, -0.15) is 0 Å². The lowest BCUT2D eigenvalue weighted by Gasteiger charge is -2.18. The molecule has 0 atom stereocenters. The van der Waals surface area contributed by atoms with Gasteiger partial charge >= 0.3 is 0 Å². The summed E-state index contributed by atoms with van der Waals surface area (Å²) in [5.41, 5.74) is 7.87. The Morgan fingerprint density at radius 1 is 0.372 bits per heavy atom. The van der Waals surface area contributed by atoms with Crippen molar-refractivity contribution in [3.8, 4) is 33.4 Å². The molecule has 0 aliphatic carbocycles. The Balaban J connectivity index is 1.34. The third kappa shape index (κ3) is 3.72. The van der Waals surface area contributed by atoms with Gasteiger partial charge in [0.2, 0.25) is 0 Å². The van der Waals surface area contributed by atoms with Gasteiger partial charge < -0.3 is 4.42 Å². The van der Waals surface area contributed by atoms with Crippen LogP contribution in [0.3, 0.4) is 0 Å². The zero-order valence-corrected chi connectivity index (χ0v) is 23.3. The third-order valence-corrected chi connectivity index (χ3v) is 8.61. The van der Waals surface area contributed by atoms with Crippen LogP contribution in [0.25, 0.3) is 87.6 Å². The van der Waals surface area contributed by atoms with Crippen LogP contribution in [0.4, 0.5) is 0 Å². The van der Waals surface area contributed by atoms with Crippen molar-refractivity contribution in [3.63, 3.8) is 0 Å².